The molecule has 0 bridgehead atoms. The van der Waals surface area contributed by atoms with Gasteiger partial charge in [-0.3, -0.25) is 0 Å². The second-order valence-corrected chi connectivity index (χ2v) is 5.72. The van der Waals surface area contributed by atoms with Gasteiger partial charge in [0, 0.05) is 12.2 Å². The molecular weight excluding hydrogens is 288 g/mol. The van der Waals surface area contributed by atoms with Crippen molar-refractivity contribution in [1.29, 1.82) is 0 Å². The van der Waals surface area contributed by atoms with Crippen LogP contribution in [0.1, 0.15) is 30.9 Å². The van der Waals surface area contributed by atoms with E-state index in [1.807, 2.05) is 48.5 Å². The molecule has 2 aromatic rings. The Morgan fingerprint density at radius 1 is 1.13 bits per heavy atom. The number of rotatable bonds is 6. The van der Waals surface area contributed by atoms with E-state index in [0.29, 0.717) is 12.5 Å². The first-order valence-electron chi connectivity index (χ1n) is 7.87. The molecule has 0 fully saturated rings. The summed E-state index contributed by atoms with van der Waals surface area (Å²) in [7, 11) is 1.65. The molecule has 0 aromatic heterocycles. The zero-order chi connectivity index (χ0) is 16.7. The lowest BCUT2D eigenvalue weighted by atomic mass is 10.0. The van der Waals surface area contributed by atoms with Gasteiger partial charge < -0.3 is 15.4 Å². The number of methoxy groups -OCH3 is 1. The monoisotopic (exact) mass is 312 g/mol. The molecule has 122 valence electrons. The maximum absolute atomic E-state index is 12.1. The smallest absolute Gasteiger partial charge is 0.319 e. The summed E-state index contributed by atoms with van der Waals surface area (Å²) >= 11 is 0. The van der Waals surface area contributed by atoms with E-state index in [9.17, 15) is 4.79 Å². The number of nitrogens with one attached hydrogen (secondary N) is 2. The number of anilines is 1. The topological polar surface area (TPSA) is 50.4 Å². The molecule has 0 aliphatic heterocycles. The Morgan fingerprint density at radius 2 is 1.91 bits per heavy atom. The Hall–Kier alpha value is -2.49. The van der Waals surface area contributed by atoms with Crippen LogP contribution in [0.5, 0.6) is 5.75 Å². The number of carbonyl (C=O) groups is 1. The van der Waals surface area contributed by atoms with E-state index in [4.69, 9.17) is 4.74 Å². The maximum atomic E-state index is 12.1. The molecule has 0 atom stereocenters. The summed E-state index contributed by atoms with van der Waals surface area (Å²) in [5.41, 5.74) is 3.13. The van der Waals surface area contributed by atoms with E-state index < -0.39 is 0 Å². The molecule has 0 spiro atoms. The molecule has 4 heteroatoms. The normalized spacial score (nSPS) is 10.4. The summed E-state index contributed by atoms with van der Waals surface area (Å²) in [6, 6.07) is 15.6. The van der Waals surface area contributed by atoms with Crippen LogP contribution in [0.2, 0.25) is 0 Å². The van der Waals surface area contributed by atoms with Crippen LogP contribution in [0.3, 0.4) is 0 Å². The Morgan fingerprint density at radius 3 is 2.65 bits per heavy atom. The highest BCUT2D eigenvalue weighted by Gasteiger charge is 2.08. The quantitative estimate of drug-likeness (QED) is 0.840. The first-order chi connectivity index (χ1) is 11.1. The summed E-state index contributed by atoms with van der Waals surface area (Å²) in [5, 5.41) is 5.82. The van der Waals surface area contributed by atoms with Crippen molar-refractivity contribution in [2.24, 2.45) is 0 Å². The lowest BCUT2D eigenvalue weighted by molar-refractivity contribution is 0.252. The number of benzene rings is 2. The number of ether oxygens (including phenoxy) is 1. The van der Waals surface area contributed by atoms with E-state index in [1.165, 1.54) is 0 Å². The fourth-order valence-electron chi connectivity index (χ4n) is 2.43. The minimum absolute atomic E-state index is 0.180. The Kier molecular flexibility index (Phi) is 6.03. The molecule has 0 unspecified atom stereocenters. The van der Waals surface area contributed by atoms with Gasteiger partial charge in [-0.05, 0) is 41.7 Å². The summed E-state index contributed by atoms with van der Waals surface area (Å²) in [5.74, 6) is 1.20. The molecule has 2 N–H and O–H groups in total. The SMILES string of the molecule is COc1cccc(CCNC(=O)Nc2ccccc2C(C)C)c1. The third-order valence-electron chi connectivity index (χ3n) is 3.66. The fourth-order valence-corrected chi connectivity index (χ4v) is 2.43. The number of hydrogen-bond donors (Lipinski definition) is 2. The van der Waals surface area contributed by atoms with Gasteiger partial charge in [-0.15, -0.1) is 0 Å². The van der Waals surface area contributed by atoms with Gasteiger partial charge in [-0.2, -0.15) is 0 Å². The Balaban J connectivity index is 1.86. The average Bonchev–Trinajstić information content (AvgIpc) is 2.55. The summed E-state index contributed by atoms with van der Waals surface area (Å²) in [4.78, 5) is 12.1. The summed E-state index contributed by atoms with van der Waals surface area (Å²) < 4.78 is 5.20. The second kappa shape index (κ2) is 8.22. The fraction of sp³-hybridized carbons (Fsp3) is 0.316. The van der Waals surface area contributed by atoms with Crippen molar-refractivity contribution in [1.82, 2.24) is 5.32 Å². The van der Waals surface area contributed by atoms with E-state index in [2.05, 4.69) is 24.5 Å². The van der Waals surface area contributed by atoms with Crippen molar-refractivity contribution < 1.29 is 9.53 Å². The molecule has 0 aliphatic carbocycles. The van der Waals surface area contributed by atoms with Crippen molar-refractivity contribution in [3.8, 4) is 5.75 Å². The van der Waals surface area contributed by atoms with Crippen molar-refractivity contribution in [2.45, 2.75) is 26.2 Å². The summed E-state index contributed by atoms with van der Waals surface area (Å²) in [6.45, 7) is 4.80. The molecule has 2 amide bonds. The van der Waals surface area contributed by atoms with Crippen molar-refractivity contribution >= 4 is 11.7 Å². The number of carbonyl (C=O) groups excluding carboxylic acids is 1. The van der Waals surface area contributed by atoms with E-state index >= 15 is 0 Å². The molecule has 0 aliphatic rings. The zero-order valence-electron chi connectivity index (χ0n) is 13.9. The number of hydrogen-bond acceptors (Lipinski definition) is 2. The van der Waals surface area contributed by atoms with Crippen LogP contribution < -0.4 is 15.4 Å². The van der Waals surface area contributed by atoms with Crippen LogP contribution in [-0.4, -0.2) is 19.7 Å². The van der Waals surface area contributed by atoms with Gasteiger partial charge >= 0.3 is 6.03 Å². The predicted octanol–water partition coefficient (Wildman–Crippen LogP) is 4.18. The Labute approximate surface area is 137 Å². The molecule has 0 heterocycles. The van der Waals surface area contributed by atoms with Gasteiger partial charge in [0.05, 0.1) is 7.11 Å². The molecule has 0 radical (unpaired) electrons. The predicted molar refractivity (Wildman–Crippen MR) is 94.3 cm³/mol. The van der Waals surface area contributed by atoms with E-state index in [-0.39, 0.29) is 6.03 Å². The van der Waals surface area contributed by atoms with E-state index in [0.717, 1.165) is 29.0 Å². The average molecular weight is 312 g/mol. The largest absolute Gasteiger partial charge is 0.497 e. The van der Waals surface area contributed by atoms with Crippen molar-refractivity contribution in [2.75, 3.05) is 19.0 Å². The highest BCUT2D eigenvalue weighted by molar-refractivity contribution is 5.90. The summed E-state index contributed by atoms with van der Waals surface area (Å²) in [6.07, 6.45) is 0.760. The zero-order valence-corrected chi connectivity index (χ0v) is 13.9. The molecule has 2 aromatic carbocycles. The molecular formula is C19H24N2O2. The van der Waals surface area contributed by atoms with Crippen LogP contribution in [-0.2, 0) is 6.42 Å². The second-order valence-electron chi connectivity index (χ2n) is 5.72. The first kappa shape index (κ1) is 16.9. The van der Waals surface area contributed by atoms with Crippen molar-refractivity contribution in [3.05, 3.63) is 59.7 Å². The van der Waals surface area contributed by atoms with Crippen LogP contribution >= 0.6 is 0 Å². The van der Waals surface area contributed by atoms with Crippen LogP contribution in [0.15, 0.2) is 48.5 Å². The highest BCUT2D eigenvalue weighted by atomic mass is 16.5. The maximum Gasteiger partial charge on any atom is 0.319 e. The standard InChI is InChI=1S/C19H24N2O2/c1-14(2)17-9-4-5-10-18(17)21-19(22)20-12-11-15-7-6-8-16(13-15)23-3/h4-10,13-14H,11-12H2,1-3H3,(H2,20,21,22). The third-order valence-corrected chi connectivity index (χ3v) is 3.66. The number of urea groups is 1. The van der Waals surface area contributed by atoms with Gasteiger partial charge in [-0.25, -0.2) is 4.79 Å². The van der Waals surface area contributed by atoms with Crippen LogP contribution in [0, 0.1) is 0 Å². The molecule has 0 saturated heterocycles. The van der Waals surface area contributed by atoms with Crippen LogP contribution in [0.4, 0.5) is 10.5 Å². The van der Waals surface area contributed by atoms with Crippen LogP contribution in [0.25, 0.3) is 0 Å². The lowest BCUT2D eigenvalue weighted by Gasteiger charge is -2.14. The molecule has 23 heavy (non-hydrogen) atoms. The molecule has 2 rings (SSSR count). The van der Waals surface area contributed by atoms with E-state index in [1.54, 1.807) is 7.11 Å². The third kappa shape index (κ3) is 5.02. The minimum Gasteiger partial charge on any atom is -0.497 e. The minimum atomic E-state index is -0.180. The number of amides is 2. The van der Waals surface area contributed by atoms with Crippen molar-refractivity contribution in [3.63, 3.8) is 0 Å². The molecule has 4 nitrogen and oxygen atoms in total. The van der Waals surface area contributed by atoms with Gasteiger partial charge in [-0.1, -0.05) is 44.2 Å². The highest BCUT2D eigenvalue weighted by Crippen LogP contribution is 2.23. The lowest BCUT2D eigenvalue weighted by Crippen LogP contribution is -2.30. The van der Waals surface area contributed by atoms with Gasteiger partial charge in [0.1, 0.15) is 5.75 Å². The number of para-hydroxylation sites is 1. The Bertz CT molecular complexity index is 653. The van der Waals surface area contributed by atoms with Gasteiger partial charge in [0.15, 0.2) is 0 Å². The van der Waals surface area contributed by atoms with Gasteiger partial charge in [0.2, 0.25) is 0 Å². The first-order valence-corrected chi connectivity index (χ1v) is 7.87. The molecule has 0 saturated carbocycles. The van der Waals surface area contributed by atoms with Gasteiger partial charge in [0.25, 0.3) is 0 Å².